The number of aromatic nitrogens is 3. The summed E-state index contributed by atoms with van der Waals surface area (Å²) in [5.41, 5.74) is 0. The van der Waals surface area contributed by atoms with Gasteiger partial charge in [-0.25, -0.2) is 0 Å². The van der Waals surface area contributed by atoms with Gasteiger partial charge in [0, 0.05) is 25.5 Å². The van der Waals surface area contributed by atoms with Crippen LogP contribution in [-0.4, -0.2) is 33.8 Å². The van der Waals surface area contributed by atoms with E-state index in [2.05, 4.69) is 20.8 Å². The molecule has 0 fully saturated rings. The Balaban J connectivity index is 1.45. The highest BCUT2D eigenvalue weighted by Crippen LogP contribution is 2.06. The van der Waals surface area contributed by atoms with Gasteiger partial charge in [-0.3, -0.25) is 4.79 Å². The van der Waals surface area contributed by atoms with Crippen LogP contribution in [0.25, 0.3) is 5.82 Å². The van der Waals surface area contributed by atoms with E-state index in [0.29, 0.717) is 24.7 Å². The molecule has 0 atom stereocenters. The summed E-state index contributed by atoms with van der Waals surface area (Å²) >= 11 is 0. The van der Waals surface area contributed by atoms with E-state index in [1.807, 2.05) is 41.2 Å². The van der Waals surface area contributed by atoms with E-state index in [-0.39, 0.29) is 5.91 Å². The van der Waals surface area contributed by atoms with Crippen LogP contribution in [-0.2, 0) is 0 Å². The van der Waals surface area contributed by atoms with E-state index in [0.717, 1.165) is 5.82 Å². The first-order valence-electron chi connectivity index (χ1n) is 6.85. The van der Waals surface area contributed by atoms with E-state index < -0.39 is 0 Å². The van der Waals surface area contributed by atoms with Crippen molar-refractivity contribution in [3.63, 3.8) is 0 Å². The normalized spacial score (nSPS) is 10.4. The van der Waals surface area contributed by atoms with Gasteiger partial charge in [0.05, 0.1) is 6.26 Å². The van der Waals surface area contributed by atoms with Gasteiger partial charge in [-0.1, -0.05) is 0 Å². The van der Waals surface area contributed by atoms with Crippen LogP contribution >= 0.6 is 0 Å². The summed E-state index contributed by atoms with van der Waals surface area (Å²) in [7, 11) is 0. The smallest absolute Gasteiger partial charge is 0.287 e. The molecule has 3 aromatic heterocycles. The molecule has 3 aromatic rings. The minimum Gasteiger partial charge on any atom is -0.459 e. The number of hydrogen-bond acceptors (Lipinski definition) is 5. The molecule has 0 saturated carbocycles. The van der Waals surface area contributed by atoms with Gasteiger partial charge in [-0.05, 0) is 36.4 Å². The van der Waals surface area contributed by atoms with Gasteiger partial charge in [0.1, 0.15) is 5.82 Å². The van der Waals surface area contributed by atoms with Crippen LogP contribution in [0.15, 0.2) is 59.5 Å². The molecule has 0 aliphatic heterocycles. The number of nitrogens with one attached hydrogen (secondary N) is 2. The van der Waals surface area contributed by atoms with Crippen molar-refractivity contribution >= 4 is 11.7 Å². The average molecular weight is 297 g/mol. The van der Waals surface area contributed by atoms with E-state index in [9.17, 15) is 4.79 Å². The Bertz CT molecular complexity index is 705. The minimum atomic E-state index is -0.235. The highest BCUT2D eigenvalue weighted by atomic mass is 16.3. The number of nitrogens with zero attached hydrogens (tertiary/aromatic N) is 3. The van der Waals surface area contributed by atoms with E-state index >= 15 is 0 Å². The number of carbonyl (C=O) groups excluding carboxylic acids is 1. The fourth-order valence-electron chi connectivity index (χ4n) is 1.91. The summed E-state index contributed by atoms with van der Waals surface area (Å²) in [6, 6.07) is 10.9. The first-order valence-corrected chi connectivity index (χ1v) is 6.85. The second-order valence-corrected chi connectivity index (χ2v) is 4.53. The third-order valence-electron chi connectivity index (χ3n) is 2.98. The summed E-state index contributed by atoms with van der Waals surface area (Å²) in [6.45, 7) is 1.00. The fraction of sp³-hybridized carbons (Fsp3) is 0.133. The Kier molecular flexibility index (Phi) is 4.15. The topological polar surface area (TPSA) is 85.0 Å². The average Bonchev–Trinajstić information content (AvgIpc) is 3.25. The van der Waals surface area contributed by atoms with Crippen LogP contribution in [0, 0.1) is 0 Å². The molecule has 0 radical (unpaired) electrons. The number of amides is 1. The highest BCUT2D eigenvalue weighted by Gasteiger charge is 2.06. The van der Waals surface area contributed by atoms with Gasteiger partial charge < -0.3 is 19.6 Å². The zero-order chi connectivity index (χ0) is 15.2. The molecule has 3 heterocycles. The van der Waals surface area contributed by atoms with Crippen molar-refractivity contribution in [3.8, 4) is 5.82 Å². The van der Waals surface area contributed by atoms with E-state index in [1.165, 1.54) is 6.26 Å². The van der Waals surface area contributed by atoms with E-state index in [1.54, 1.807) is 12.1 Å². The monoisotopic (exact) mass is 297 g/mol. The zero-order valence-corrected chi connectivity index (χ0v) is 11.8. The maximum absolute atomic E-state index is 11.6. The van der Waals surface area contributed by atoms with Crippen molar-refractivity contribution in [3.05, 3.63) is 60.8 Å². The maximum Gasteiger partial charge on any atom is 0.287 e. The molecule has 0 bridgehead atoms. The van der Waals surface area contributed by atoms with Crippen LogP contribution in [0.5, 0.6) is 0 Å². The zero-order valence-electron chi connectivity index (χ0n) is 11.8. The summed E-state index contributed by atoms with van der Waals surface area (Å²) in [6.07, 6.45) is 5.28. The molecular formula is C15H15N5O2. The molecule has 0 spiro atoms. The predicted molar refractivity (Wildman–Crippen MR) is 80.9 cm³/mol. The maximum atomic E-state index is 11.6. The van der Waals surface area contributed by atoms with Crippen molar-refractivity contribution in [1.82, 2.24) is 20.1 Å². The Morgan fingerprint density at radius 3 is 2.64 bits per heavy atom. The van der Waals surface area contributed by atoms with Gasteiger partial charge in [-0.15, -0.1) is 10.2 Å². The van der Waals surface area contributed by atoms with E-state index in [4.69, 9.17) is 4.42 Å². The van der Waals surface area contributed by atoms with Gasteiger partial charge >= 0.3 is 0 Å². The first kappa shape index (κ1) is 13.9. The number of hydrogen-bond donors (Lipinski definition) is 2. The molecule has 1 amide bonds. The Labute approximate surface area is 127 Å². The largest absolute Gasteiger partial charge is 0.459 e. The SMILES string of the molecule is O=C(NCCNc1ccc(-n2cccc2)nn1)c1ccco1. The molecule has 0 aliphatic carbocycles. The lowest BCUT2D eigenvalue weighted by molar-refractivity contribution is 0.0927. The number of furan rings is 1. The summed E-state index contributed by atoms with van der Waals surface area (Å²) in [4.78, 5) is 11.6. The van der Waals surface area contributed by atoms with Crippen molar-refractivity contribution in [2.75, 3.05) is 18.4 Å². The lowest BCUT2D eigenvalue weighted by Gasteiger charge is -2.07. The Morgan fingerprint density at radius 2 is 1.95 bits per heavy atom. The summed E-state index contributed by atoms with van der Waals surface area (Å²) in [5.74, 6) is 1.47. The fourth-order valence-corrected chi connectivity index (χ4v) is 1.91. The quantitative estimate of drug-likeness (QED) is 0.676. The van der Waals surface area contributed by atoms with Crippen LogP contribution < -0.4 is 10.6 Å². The minimum absolute atomic E-state index is 0.235. The van der Waals surface area contributed by atoms with Crippen molar-refractivity contribution in [2.24, 2.45) is 0 Å². The Hall–Kier alpha value is -3.09. The van der Waals surface area contributed by atoms with Crippen LogP contribution in [0.3, 0.4) is 0 Å². The Morgan fingerprint density at radius 1 is 1.09 bits per heavy atom. The second-order valence-electron chi connectivity index (χ2n) is 4.53. The number of rotatable bonds is 6. The molecule has 22 heavy (non-hydrogen) atoms. The highest BCUT2D eigenvalue weighted by molar-refractivity contribution is 5.91. The number of carbonyl (C=O) groups is 1. The molecule has 7 heteroatoms. The van der Waals surface area contributed by atoms with Crippen LogP contribution in [0.4, 0.5) is 5.82 Å². The summed E-state index contributed by atoms with van der Waals surface area (Å²) in [5, 5.41) is 14.0. The summed E-state index contributed by atoms with van der Waals surface area (Å²) < 4.78 is 6.88. The molecule has 0 unspecified atom stereocenters. The second kappa shape index (κ2) is 6.57. The van der Waals surface area contributed by atoms with Gasteiger partial charge in [-0.2, -0.15) is 0 Å². The molecule has 2 N–H and O–H groups in total. The molecule has 0 saturated heterocycles. The lowest BCUT2D eigenvalue weighted by Crippen LogP contribution is -2.28. The molecule has 0 aromatic carbocycles. The molecular weight excluding hydrogens is 282 g/mol. The van der Waals surface area contributed by atoms with Crippen LogP contribution in [0.2, 0.25) is 0 Å². The van der Waals surface area contributed by atoms with Crippen molar-refractivity contribution in [2.45, 2.75) is 0 Å². The third kappa shape index (κ3) is 3.32. The lowest BCUT2D eigenvalue weighted by atomic mass is 10.4. The number of anilines is 1. The molecule has 0 aliphatic rings. The van der Waals surface area contributed by atoms with Crippen molar-refractivity contribution < 1.29 is 9.21 Å². The predicted octanol–water partition coefficient (Wildman–Crippen LogP) is 1.70. The standard InChI is InChI=1S/C15H15N5O2/c21-15(12-4-3-11-22-12)17-8-7-16-13-5-6-14(19-18-13)20-9-1-2-10-20/h1-6,9-11H,7-8H2,(H,16,18)(H,17,21). The molecule has 7 nitrogen and oxygen atoms in total. The third-order valence-corrected chi connectivity index (χ3v) is 2.98. The molecule has 3 rings (SSSR count). The van der Waals surface area contributed by atoms with Gasteiger partial charge in [0.15, 0.2) is 11.6 Å². The van der Waals surface area contributed by atoms with Crippen LogP contribution in [0.1, 0.15) is 10.6 Å². The van der Waals surface area contributed by atoms with Crippen molar-refractivity contribution in [1.29, 1.82) is 0 Å². The molecule has 112 valence electrons. The van der Waals surface area contributed by atoms with Gasteiger partial charge in [0.2, 0.25) is 0 Å². The van der Waals surface area contributed by atoms with Gasteiger partial charge in [0.25, 0.3) is 5.91 Å². The first-order chi connectivity index (χ1) is 10.8.